The molecule has 3 N–H and O–H groups in total. The number of hydrogen-bond acceptors (Lipinski definition) is 3. The normalized spacial score (nSPS) is 9.88. The van der Waals surface area contributed by atoms with Crippen LogP contribution in [-0.4, -0.2) is 10.6 Å². The molecule has 0 unspecified atom stereocenters. The second kappa shape index (κ2) is 11.0. The summed E-state index contributed by atoms with van der Waals surface area (Å²) in [4.78, 5) is 0. The molecule has 3 aromatic carbocycles. The van der Waals surface area contributed by atoms with Crippen LogP contribution in [0.3, 0.4) is 0 Å². The molecule has 0 radical (unpaired) electrons. The lowest BCUT2D eigenvalue weighted by molar-refractivity contribution is 1.07. The van der Waals surface area contributed by atoms with Gasteiger partial charge in [0.25, 0.3) is 0 Å². The minimum atomic E-state index is -0.446. The molecule has 2 nitrogen and oxygen atoms in total. The van der Waals surface area contributed by atoms with Gasteiger partial charge in [0, 0.05) is 0 Å². The molecule has 3 aromatic rings. The highest BCUT2D eigenvalue weighted by molar-refractivity contribution is 8.22. The maximum Gasteiger partial charge on any atom is 0.147 e. The van der Waals surface area contributed by atoms with E-state index in [1.165, 1.54) is 27.7 Å². The molecule has 0 aliphatic rings. The Morgan fingerprint density at radius 1 is 0.760 bits per heavy atom. The first-order chi connectivity index (χ1) is 12.3. The van der Waals surface area contributed by atoms with E-state index >= 15 is 0 Å². The monoisotopic (exact) mass is 384 g/mol. The Kier molecular flexibility index (Phi) is 8.64. The van der Waals surface area contributed by atoms with E-state index in [4.69, 9.17) is 5.84 Å². The third-order valence-electron chi connectivity index (χ3n) is 3.35. The van der Waals surface area contributed by atoms with E-state index in [0.717, 1.165) is 0 Å². The van der Waals surface area contributed by atoms with E-state index in [0.29, 0.717) is 4.32 Å². The summed E-state index contributed by atoms with van der Waals surface area (Å²) in [6, 6.07) is 32.3. The second-order valence-corrected chi connectivity index (χ2v) is 8.68. The Hall–Kier alpha value is -1.71. The number of nitrogens with one attached hydrogen (secondary N) is 1. The summed E-state index contributed by atoms with van der Waals surface area (Å²) >= 11 is 6.00. The van der Waals surface area contributed by atoms with Crippen molar-refractivity contribution in [1.29, 1.82) is 0 Å². The van der Waals surface area contributed by atoms with Gasteiger partial charge in [-0.3, -0.25) is 0 Å². The van der Waals surface area contributed by atoms with Crippen LogP contribution in [0.15, 0.2) is 91.0 Å². The minimum Gasteiger partial charge on any atom is -0.309 e. The van der Waals surface area contributed by atoms with E-state index in [-0.39, 0.29) is 0 Å². The molecule has 128 valence electrons. The van der Waals surface area contributed by atoms with Gasteiger partial charge in [-0.1, -0.05) is 115 Å². The highest BCUT2D eigenvalue weighted by Gasteiger charge is 2.14. The van der Waals surface area contributed by atoms with Crippen molar-refractivity contribution in [1.82, 2.24) is 5.43 Å². The van der Waals surface area contributed by atoms with Crippen molar-refractivity contribution in [2.75, 3.05) is 6.26 Å². The summed E-state index contributed by atoms with van der Waals surface area (Å²) in [5.41, 5.74) is 2.31. The summed E-state index contributed by atoms with van der Waals surface area (Å²) < 4.78 is 0.620. The smallest absolute Gasteiger partial charge is 0.147 e. The topological polar surface area (TPSA) is 38.0 Å². The molecule has 0 spiro atoms. The molecule has 25 heavy (non-hydrogen) atoms. The Bertz CT molecular complexity index is 653. The summed E-state index contributed by atoms with van der Waals surface area (Å²) in [5, 5.41) is 4.19. The van der Waals surface area contributed by atoms with Crippen molar-refractivity contribution in [2.45, 2.75) is 0 Å². The van der Waals surface area contributed by atoms with Crippen LogP contribution < -0.4 is 27.2 Å². The van der Waals surface area contributed by atoms with Gasteiger partial charge >= 0.3 is 0 Å². The van der Waals surface area contributed by atoms with Crippen LogP contribution in [-0.2, 0) is 0 Å². The Labute approximate surface area is 160 Å². The average molecular weight is 385 g/mol. The van der Waals surface area contributed by atoms with Gasteiger partial charge in [-0.05, 0) is 30.1 Å². The second-order valence-electron chi connectivity index (χ2n) is 4.98. The predicted molar refractivity (Wildman–Crippen MR) is 119 cm³/mol. The molecule has 0 saturated carbocycles. The quantitative estimate of drug-likeness (QED) is 0.314. The van der Waals surface area contributed by atoms with Crippen molar-refractivity contribution < 1.29 is 0 Å². The maximum atomic E-state index is 4.87. The molecule has 0 aliphatic carbocycles. The number of hydrazine groups is 1. The zero-order chi connectivity index (χ0) is 17.9. The molecular formula is C20H21N2PS2. The molecule has 5 heteroatoms. The standard InChI is InChI=1S/C18H15P.C2H6N2S2/c1-4-10-16(11-5-1)19(17-12-6-2-7-13-17)18-14-8-3-9-15-18;1-6-2(5)4-3/h1-15H;3H2,1H3,(H,4,5). The summed E-state index contributed by atoms with van der Waals surface area (Å²) in [6.45, 7) is 0. The fourth-order valence-corrected chi connectivity index (χ4v) is 4.66. The molecule has 0 aliphatic heterocycles. The Balaban J connectivity index is 0.000000326. The molecule has 0 bridgehead atoms. The van der Waals surface area contributed by atoms with E-state index < -0.39 is 7.92 Å². The third-order valence-corrected chi connectivity index (χ3v) is 6.90. The Morgan fingerprint density at radius 2 is 1.08 bits per heavy atom. The van der Waals surface area contributed by atoms with Gasteiger partial charge in [-0.15, -0.1) is 0 Å². The van der Waals surface area contributed by atoms with Crippen molar-refractivity contribution in [3.8, 4) is 0 Å². The van der Waals surface area contributed by atoms with Gasteiger partial charge in [-0.25, -0.2) is 5.84 Å². The average Bonchev–Trinajstić information content (AvgIpc) is 2.70. The van der Waals surface area contributed by atoms with Crippen LogP contribution >= 0.6 is 31.9 Å². The SMILES string of the molecule is CSC(=S)NN.c1ccc(P(c2ccccc2)c2ccccc2)cc1. The number of nitrogens with two attached hydrogens (primary N) is 1. The maximum absolute atomic E-state index is 4.87. The van der Waals surface area contributed by atoms with Crippen LogP contribution in [0.1, 0.15) is 0 Å². The van der Waals surface area contributed by atoms with Crippen LogP contribution in [0.4, 0.5) is 0 Å². The molecule has 3 rings (SSSR count). The number of benzene rings is 3. The third kappa shape index (κ3) is 6.26. The van der Waals surface area contributed by atoms with Crippen LogP contribution in [0, 0.1) is 0 Å². The highest BCUT2D eigenvalue weighted by atomic mass is 32.2. The van der Waals surface area contributed by atoms with Gasteiger partial charge in [0.15, 0.2) is 0 Å². The summed E-state index contributed by atoms with van der Waals surface area (Å²) in [7, 11) is -0.446. The largest absolute Gasteiger partial charge is 0.309 e. The van der Waals surface area contributed by atoms with Crippen molar-refractivity contribution >= 4 is 52.1 Å². The molecule has 0 fully saturated rings. The van der Waals surface area contributed by atoms with Crippen molar-refractivity contribution in [3.63, 3.8) is 0 Å². The first-order valence-corrected chi connectivity index (χ1v) is 10.7. The molecule has 0 amide bonds. The molecule has 0 heterocycles. The van der Waals surface area contributed by atoms with Gasteiger partial charge in [0.05, 0.1) is 0 Å². The zero-order valence-corrected chi connectivity index (χ0v) is 16.5. The Morgan fingerprint density at radius 3 is 1.28 bits per heavy atom. The van der Waals surface area contributed by atoms with Crippen LogP contribution in [0.25, 0.3) is 0 Å². The summed E-state index contributed by atoms with van der Waals surface area (Å²) in [5.74, 6) is 4.87. The first kappa shape index (κ1) is 19.6. The lowest BCUT2D eigenvalue weighted by Crippen LogP contribution is -2.25. The van der Waals surface area contributed by atoms with E-state index in [2.05, 4.69) is 109 Å². The molecule has 0 saturated heterocycles. The van der Waals surface area contributed by atoms with Crippen LogP contribution in [0.2, 0.25) is 0 Å². The fourth-order valence-electron chi connectivity index (χ4n) is 2.24. The van der Waals surface area contributed by atoms with Gasteiger partial charge in [-0.2, -0.15) is 0 Å². The number of rotatable bonds is 3. The molecule has 0 atom stereocenters. The number of thiocarbonyl (C=S) groups is 1. The molecular weight excluding hydrogens is 363 g/mol. The van der Waals surface area contributed by atoms with Gasteiger partial charge in [0.1, 0.15) is 4.32 Å². The number of thioether (sulfide) groups is 1. The van der Waals surface area contributed by atoms with E-state index in [1.54, 1.807) is 0 Å². The lowest BCUT2D eigenvalue weighted by Gasteiger charge is -2.18. The van der Waals surface area contributed by atoms with Crippen molar-refractivity contribution in [2.24, 2.45) is 5.84 Å². The molecule has 0 aromatic heterocycles. The van der Waals surface area contributed by atoms with Gasteiger partial charge < -0.3 is 5.43 Å². The zero-order valence-electron chi connectivity index (χ0n) is 14.0. The van der Waals surface area contributed by atoms with Gasteiger partial charge in [0.2, 0.25) is 0 Å². The van der Waals surface area contributed by atoms with Crippen LogP contribution in [0.5, 0.6) is 0 Å². The van der Waals surface area contributed by atoms with Crippen molar-refractivity contribution in [3.05, 3.63) is 91.0 Å². The summed E-state index contributed by atoms with van der Waals surface area (Å²) in [6.07, 6.45) is 1.86. The fraction of sp³-hybridized carbons (Fsp3) is 0.0500. The van der Waals surface area contributed by atoms with E-state index in [9.17, 15) is 0 Å². The highest BCUT2D eigenvalue weighted by Crippen LogP contribution is 2.32. The van der Waals surface area contributed by atoms with E-state index in [1.807, 2.05) is 6.26 Å². The lowest BCUT2D eigenvalue weighted by atomic mass is 10.4. The first-order valence-electron chi connectivity index (χ1n) is 7.76. The number of hydrogen-bond donors (Lipinski definition) is 2. The predicted octanol–water partition coefficient (Wildman–Crippen LogP) is 3.54. The minimum absolute atomic E-state index is 0.446.